The van der Waals surface area contributed by atoms with Gasteiger partial charge in [0.1, 0.15) is 42.5 Å². The first-order valence-corrected chi connectivity index (χ1v) is 16.3. The van der Waals surface area contributed by atoms with Gasteiger partial charge in [0, 0.05) is 13.0 Å². The smallest absolute Gasteiger partial charge is 0.328 e. The fourth-order valence-corrected chi connectivity index (χ4v) is 4.71. The quantitative estimate of drug-likeness (QED) is 0.0493. The molecule has 1 aliphatic heterocycles. The van der Waals surface area contributed by atoms with E-state index in [0.717, 1.165) is 0 Å². The van der Waals surface area contributed by atoms with E-state index in [4.69, 9.17) is 24.7 Å². The summed E-state index contributed by atoms with van der Waals surface area (Å²) in [7, 11) is 1.23. The lowest BCUT2D eigenvalue weighted by atomic mass is 9.99. The predicted molar refractivity (Wildman–Crippen MR) is 172 cm³/mol. The van der Waals surface area contributed by atoms with Crippen molar-refractivity contribution in [1.29, 1.82) is 0 Å². The second kappa shape index (κ2) is 21.2. The number of hydrogen-bond acceptors (Lipinski definition) is 13. The molecule has 0 bridgehead atoms. The van der Waals surface area contributed by atoms with Crippen LogP contribution in [-0.4, -0.2) is 133 Å². The first-order chi connectivity index (χ1) is 22.4. The van der Waals surface area contributed by atoms with Gasteiger partial charge in [0.25, 0.3) is 0 Å². The highest BCUT2D eigenvalue weighted by molar-refractivity contribution is 5.91. The standard InChI is InChI=1S/C31H57N5O12/c1-15(2)13-19(30(44)45-8)34-29(43)23(17(5)6)35-21(37)9-11-46-14-20-24(38)25(39)26(40)31(48-20)47-12-10-33-28(42)22(16(3)4)36-27(41)18(7)32/h15-20,22-26,31,38-40H,9-14,32H2,1-8H3,(H,33,42)(H,34,43)(H,35,37)(H,36,41)/t18-,19-,20+,22-,23-,24+,25-,26+,31+/m0/s1. The largest absolute Gasteiger partial charge is 0.467 e. The molecule has 9 N–H and O–H groups in total. The number of methoxy groups -OCH3 is 1. The molecule has 9 atom stereocenters. The fraction of sp³-hybridized carbons (Fsp3) is 0.839. The average molecular weight is 692 g/mol. The van der Waals surface area contributed by atoms with Gasteiger partial charge in [-0.1, -0.05) is 41.5 Å². The summed E-state index contributed by atoms with van der Waals surface area (Å²) in [5, 5.41) is 41.6. The Hall–Kier alpha value is -2.93. The van der Waals surface area contributed by atoms with Gasteiger partial charge in [-0.25, -0.2) is 4.79 Å². The molecule has 0 radical (unpaired) electrons. The maximum atomic E-state index is 12.9. The zero-order valence-corrected chi connectivity index (χ0v) is 29.3. The number of aliphatic hydroxyl groups is 3. The second-order valence-corrected chi connectivity index (χ2v) is 13.0. The van der Waals surface area contributed by atoms with Crippen molar-refractivity contribution in [2.24, 2.45) is 23.5 Å². The third-order valence-corrected chi connectivity index (χ3v) is 7.54. The summed E-state index contributed by atoms with van der Waals surface area (Å²) in [6.45, 7) is 11.8. The summed E-state index contributed by atoms with van der Waals surface area (Å²) in [5.41, 5.74) is 5.57. The van der Waals surface area contributed by atoms with Crippen LogP contribution in [0.25, 0.3) is 0 Å². The number of hydrogen-bond donors (Lipinski definition) is 8. The Balaban J connectivity index is 2.61. The SMILES string of the molecule is COC(=O)[C@H](CC(C)C)NC(=O)[C@@H](NC(=O)CCOC[C@H]1O[C@@H](OCCNC(=O)[C@@H](NC(=O)[C@H](C)N)C(C)C)[C@H](O)[C@@H](O)[C@@H]1O)C(C)C. The summed E-state index contributed by atoms with van der Waals surface area (Å²) < 4.78 is 21.4. The van der Waals surface area contributed by atoms with Crippen molar-refractivity contribution < 1.29 is 58.2 Å². The van der Waals surface area contributed by atoms with Crippen molar-refractivity contribution in [1.82, 2.24) is 21.3 Å². The molecule has 0 aromatic carbocycles. The number of nitrogens with two attached hydrogens (primary N) is 1. The molecule has 0 aromatic heterocycles. The lowest BCUT2D eigenvalue weighted by Gasteiger charge is -2.40. The molecule has 1 aliphatic rings. The van der Waals surface area contributed by atoms with Crippen LogP contribution < -0.4 is 27.0 Å². The molecule has 1 fully saturated rings. The maximum Gasteiger partial charge on any atom is 0.328 e. The molecule has 1 saturated heterocycles. The molecule has 0 unspecified atom stereocenters. The Morgan fingerprint density at radius 1 is 0.792 bits per heavy atom. The van der Waals surface area contributed by atoms with E-state index in [1.54, 1.807) is 27.7 Å². The highest BCUT2D eigenvalue weighted by Gasteiger charge is 2.44. The van der Waals surface area contributed by atoms with Crippen molar-refractivity contribution in [2.45, 2.75) is 116 Å². The number of ether oxygens (including phenoxy) is 4. The Kier molecular flexibility index (Phi) is 19.0. The summed E-state index contributed by atoms with van der Waals surface area (Å²) in [4.78, 5) is 62.2. The lowest BCUT2D eigenvalue weighted by Crippen LogP contribution is -2.59. The number of nitrogens with one attached hydrogen (secondary N) is 4. The minimum absolute atomic E-state index is 0.0198. The van der Waals surface area contributed by atoms with Crippen LogP contribution >= 0.6 is 0 Å². The van der Waals surface area contributed by atoms with Crippen LogP contribution in [0.15, 0.2) is 0 Å². The molecule has 4 amide bonds. The third kappa shape index (κ3) is 14.3. The molecular weight excluding hydrogens is 634 g/mol. The van der Waals surface area contributed by atoms with Gasteiger partial charge in [0.05, 0.1) is 33.0 Å². The second-order valence-electron chi connectivity index (χ2n) is 13.0. The van der Waals surface area contributed by atoms with Crippen LogP contribution in [0, 0.1) is 17.8 Å². The van der Waals surface area contributed by atoms with E-state index in [1.165, 1.54) is 14.0 Å². The lowest BCUT2D eigenvalue weighted by molar-refractivity contribution is -0.302. The van der Waals surface area contributed by atoms with Gasteiger partial charge in [0.2, 0.25) is 23.6 Å². The van der Waals surface area contributed by atoms with Gasteiger partial charge in [-0.2, -0.15) is 0 Å². The number of rotatable bonds is 20. The molecule has 278 valence electrons. The normalized spacial score (nSPS) is 23.6. The molecule has 0 aromatic rings. The molecule has 0 saturated carbocycles. The summed E-state index contributed by atoms with van der Waals surface area (Å²) in [6.07, 6.45) is -7.06. The zero-order chi connectivity index (χ0) is 36.7. The van der Waals surface area contributed by atoms with Crippen LogP contribution in [0.5, 0.6) is 0 Å². The van der Waals surface area contributed by atoms with Crippen LogP contribution in [0.4, 0.5) is 0 Å². The molecule has 1 rings (SSSR count). The van der Waals surface area contributed by atoms with Crippen molar-refractivity contribution in [3.05, 3.63) is 0 Å². The number of aliphatic hydroxyl groups excluding tert-OH is 3. The van der Waals surface area contributed by atoms with Crippen LogP contribution in [-0.2, 0) is 42.9 Å². The number of carbonyl (C=O) groups excluding carboxylic acids is 5. The van der Waals surface area contributed by atoms with Crippen molar-refractivity contribution in [3.63, 3.8) is 0 Å². The summed E-state index contributed by atoms with van der Waals surface area (Å²) >= 11 is 0. The van der Waals surface area contributed by atoms with E-state index in [9.17, 15) is 39.3 Å². The first kappa shape index (κ1) is 43.1. The van der Waals surface area contributed by atoms with Crippen molar-refractivity contribution in [3.8, 4) is 0 Å². The van der Waals surface area contributed by atoms with Gasteiger partial charge >= 0.3 is 5.97 Å². The predicted octanol–water partition coefficient (Wildman–Crippen LogP) is -2.33. The molecule has 0 aliphatic carbocycles. The van der Waals surface area contributed by atoms with E-state index in [1.807, 2.05) is 13.8 Å². The van der Waals surface area contributed by atoms with Gasteiger partial charge < -0.3 is 61.3 Å². The highest BCUT2D eigenvalue weighted by atomic mass is 16.7. The monoisotopic (exact) mass is 691 g/mol. The summed E-state index contributed by atoms with van der Waals surface area (Å²) in [6, 6.07) is -3.41. The van der Waals surface area contributed by atoms with E-state index in [-0.39, 0.29) is 50.5 Å². The van der Waals surface area contributed by atoms with E-state index < -0.39 is 84.5 Å². The Labute approximate surface area is 282 Å². The van der Waals surface area contributed by atoms with E-state index in [2.05, 4.69) is 21.3 Å². The fourth-order valence-electron chi connectivity index (χ4n) is 4.71. The van der Waals surface area contributed by atoms with E-state index >= 15 is 0 Å². The van der Waals surface area contributed by atoms with Gasteiger partial charge in [0.15, 0.2) is 6.29 Å². The minimum Gasteiger partial charge on any atom is -0.467 e. The number of carbonyl (C=O) groups is 5. The number of amides is 4. The third-order valence-electron chi connectivity index (χ3n) is 7.54. The minimum atomic E-state index is -1.64. The van der Waals surface area contributed by atoms with Gasteiger partial charge in [-0.3, -0.25) is 19.2 Å². The molecule has 17 nitrogen and oxygen atoms in total. The first-order valence-electron chi connectivity index (χ1n) is 16.3. The molecule has 48 heavy (non-hydrogen) atoms. The van der Waals surface area contributed by atoms with Gasteiger partial charge in [-0.15, -0.1) is 0 Å². The highest BCUT2D eigenvalue weighted by Crippen LogP contribution is 2.22. The molecule has 1 heterocycles. The molecule has 0 spiro atoms. The Bertz CT molecular complexity index is 1040. The molecule has 17 heteroatoms. The maximum absolute atomic E-state index is 12.9. The van der Waals surface area contributed by atoms with Crippen molar-refractivity contribution >= 4 is 29.6 Å². The summed E-state index contributed by atoms with van der Waals surface area (Å²) in [5.74, 6) is -2.96. The van der Waals surface area contributed by atoms with Crippen LogP contribution in [0.1, 0.15) is 61.3 Å². The zero-order valence-electron chi connectivity index (χ0n) is 29.3. The van der Waals surface area contributed by atoms with Crippen molar-refractivity contribution in [2.75, 3.05) is 33.5 Å². The van der Waals surface area contributed by atoms with Crippen LogP contribution in [0.3, 0.4) is 0 Å². The average Bonchev–Trinajstić information content (AvgIpc) is 3.01. The van der Waals surface area contributed by atoms with Crippen LogP contribution in [0.2, 0.25) is 0 Å². The topological polar surface area (TPSA) is 257 Å². The molecular formula is C31H57N5O12. The Morgan fingerprint density at radius 2 is 1.40 bits per heavy atom. The van der Waals surface area contributed by atoms with E-state index in [0.29, 0.717) is 6.42 Å². The number of esters is 1. The Morgan fingerprint density at radius 3 is 1.94 bits per heavy atom. The van der Waals surface area contributed by atoms with Gasteiger partial charge in [-0.05, 0) is 31.1 Å².